The number of H-pyrrole nitrogens is 1. The smallest absolute Gasteiger partial charge is 0.356 e. The van der Waals surface area contributed by atoms with Crippen LogP contribution < -0.4 is 10.6 Å². The Bertz CT molecular complexity index is 908. The predicted molar refractivity (Wildman–Crippen MR) is 101 cm³/mol. The molecule has 0 spiro atoms. The van der Waals surface area contributed by atoms with Crippen molar-refractivity contribution in [3.8, 4) is 0 Å². The molecule has 130 valence electrons. The molecule has 0 aliphatic rings. The van der Waals surface area contributed by atoms with Gasteiger partial charge in [0.05, 0.1) is 18.8 Å². The maximum atomic E-state index is 12.3. The predicted octanol–water partition coefficient (Wildman–Crippen LogP) is 3.61. The molecule has 25 heavy (non-hydrogen) atoms. The third kappa shape index (κ3) is 3.99. The van der Waals surface area contributed by atoms with E-state index >= 15 is 0 Å². The molecule has 0 aliphatic carbocycles. The number of aromatic amines is 1. The van der Waals surface area contributed by atoms with Crippen molar-refractivity contribution in [2.45, 2.75) is 6.92 Å². The minimum atomic E-state index is -0.516. The standard InChI is InChI=1S/C16H15BrN4O3S/c1-2-24-15(23)14-13(10-7-9(17)3-4-11(10)20-14)21-12(22)8-19-16-18-5-6-25-16/h3-7,20H,2,8H2,1H3,(H,18,19)(H,21,22). The van der Waals surface area contributed by atoms with E-state index in [-0.39, 0.29) is 24.8 Å². The molecule has 0 saturated heterocycles. The van der Waals surface area contributed by atoms with Crippen molar-refractivity contribution in [2.24, 2.45) is 0 Å². The van der Waals surface area contributed by atoms with E-state index in [0.29, 0.717) is 10.8 Å². The van der Waals surface area contributed by atoms with Gasteiger partial charge in [-0.25, -0.2) is 9.78 Å². The van der Waals surface area contributed by atoms with Crippen LogP contribution in [0.1, 0.15) is 17.4 Å². The molecule has 3 N–H and O–H groups in total. The number of ether oxygens (including phenoxy) is 1. The van der Waals surface area contributed by atoms with Crippen molar-refractivity contribution in [3.05, 3.63) is 39.9 Å². The van der Waals surface area contributed by atoms with Gasteiger partial charge in [-0.3, -0.25) is 4.79 Å². The molecular formula is C16H15BrN4O3S. The first-order valence-corrected chi connectivity index (χ1v) is 9.17. The van der Waals surface area contributed by atoms with E-state index in [1.165, 1.54) is 11.3 Å². The van der Waals surface area contributed by atoms with Crippen LogP contribution in [0.25, 0.3) is 10.9 Å². The number of thiazole rings is 1. The van der Waals surface area contributed by atoms with Crippen molar-refractivity contribution < 1.29 is 14.3 Å². The molecule has 0 bridgehead atoms. The van der Waals surface area contributed by atoms with Crippen LogP contribution in [0.2, 0.25) is 0 Å². The maximum absolute atomic E-state index is 12.3. The Hall–Kier alpha value is -2.39. The number of aromatic nitrogens is 2. The second-order valence-electron chi connectivity index (χ2n) is 5.02. The zero-order chi connectivity index (χ0) is 17.8. The lowest BCUT2D eigenvalue weighted by molar-refractivity contribution is -0.114. The summed E-state index contributed by atoms with van der Waals surface area (Å²) in [6, 6.07) is 5.51. The van der Waals surface area contributed by atoms with Gasteiger partial charge in [0.15, 0.2) is 5.13 Å². The summed E-state index contributed by atoms with van der Waals surface area (Å²) in [5.74, 6) is -0.806. The van der Waals surface area contributed by atoms with Gasteiger partial charge in [0.25, 0.3) is 0 Å². The average molecular weight is 423 g/mol. The maximum Gasteiger partial charge on any atom is 0.356 e. The number of hydrogen-bond donors (Lipinski definition) is 3. The van der Waals surface area contributed by atoms with Gasteiger partial charge in [-0.1, -0.05) is 15.9 Å². The minimum absolute atomic E-state index is 0.0382. The van der Waals surface area contributed by atoms with E-state index in [1.54, 1.807) is 13.1 Å². The lowest BCUT2D eigenvalue weighted by atomic mass is 10.2. The largest absolute Gasteiger partial charge is 0.461 e. The molecule has 0 fully saturated rings. The Balaban J connectivity index is 1.86. The number of amides is 1. The highest BCUT2D eigenvalue weighted by Gasteiger charge is 2.21. The van der Waals surface area contributed by atoms with Crippen LogP contribution in [0, 0.1) is 0 Å². The van der Waals surface area contributed by atoms with Crippen molar-refractivity contribution in [2.75, 3.05) is 23.8 Å². The van der Waals surface area contributed by atoms with Crippen LogP contribution in [0.3, 0.4) is 0 Å². The number of hydrogen-bond acceptors (Lipinski definition) is 6. The number of carbonyl (C=O) groups excluding carboxylic acids is 2. The van der Waals surface area contributed by atoms with Crippen molar-refractivity contribution in [1.29, 1.82) is 0 Å². The highest BCUT2D eigenvalue weighted by Crippen LogP contribution is 2.30. The lowest BCUT2D eigenvalue weighted by Gasteiger charge is -2.08. The Morgan fingerprint density at radius 1 is 1.40 bits per heavy atom. The monoisotopic (exact) mass is 422 g/mol. The molecule has 1 amide bonds. The van der Waals surface area contributed by atoms with E-state index in [2.05, 4.69) is 36.5 Å². The number of halogens is 1. The number of fused-ring (bicyclic) bond motifs is 1. The molecule has 0 saturated carbocycles. The third-order valence-electron chi connectivity index (χ3n) is 3.34. The molecule has 0 atom stereocenters. The van der Waals surface area contributed by atoms with E-state index in [4.69, 9.17) is 4.74 Å². The van der Waals surface area contributed by atoms with Crippen LogP contribution >= 0.6 is 27.3 Å². The fourth-order valence-electron chi connectivity index (χ4n) is 2.30. The number of benzene rings is 1. The average Bonchev–Trinajstić information content (AvgIpc) is 3.21. The third-order valence-corrected chi connectivity index (χ3v) is 4.56. The summed E-state index contributed by atoms with van der Waals surface area (Å²) in [5.41, 5.74) is 1.35. The summed E-state index contributed by atoms with van der Waals surface area (Å²) in [7, 11) is 0. The van der Waals surface area contributed by atoms with Crippen LogP contribution in [-0.4, -0.2) is 35.0 Å². The molecular weight excluding hydrogens is 408 g/mol. The van der Waals surface area contributed by atoms with Crippen LogP contribution in [0.4, 0.5) is 10.8 Å². The Labute approximate surface area is 155 Å². The van der Waals surface area contributed by atoms with E-state index in [1.807, 2.05) is 23.6 Å². The minimum Gasteiger partial charge on any atom is -0.461 e. The molecule has 2 heterocycles. The summed E-state index contributed by atoms with van der Waals surface area (Å²) in [6.45, 7) is 2.01. The fraction of sp³-hybridized carbons (Fsp3) is 0.188. The second-order valence-corrected chi connectivity index (χ2v) is 6.83. The number of nitrogens with one attached hydrogen (secondary N) is 3. The molecule has 0 aliphatic heterocycles. The number of esters is 1. The first kappa shape index (κ1) is 17.4. The first-order chi connectivity index (χ1) is 12.1. The summed E-state index contributed by atoms with van der Waals surface area (Å²) < 4.78 is 5.91. The fourth-order valence-corrected chi connectivity index (χ4v) is 3.19. The Morgan fingerprint density at radius 3 is 2.96 bits per heavy atom. The SMILES string of the molecule is CCOC(=O)c1[nH]c2ccc(Br)cc2c1NC(=O)CNc1nccs1. The van der Waals surface area contributed by atoms with Gasteiger partial charge in [-0.05, 0) is 25.1 Å². The Morgan fingerprint density at radius 2 is 2.24 bits per heavy atom. The summed E-state index contributed by atoms with van der Waals surface area (Å²) in [6.07, 6.45) is 1.65. The van der Waals surface area contributed by atoms with Crippen molar-refractivity contribution >= 4 is 60.9 Å². The molecule has 7 nitrogen and oxygen atoms in total. The highest BCUT2D eigenvalue weighted by atomic mass is 79.9. The van der Waals surface area contributed by atoms with Gasteiger partial charge in [0.1, 0.15) is 5.69 Å². The van der Waals surface area contributed by atoms with Gasteiger partial charge >= 0.3 is 5.97 Å². The van der Waals surface area contributed by atoms with Gasteiger partial charge in [-0.15, -0.1) is 11.3 Å². The molecule has 2 aromatic heterocycles. The molecule has 3 rings (SSSR count). The topological polar surface area (TPSA) is 96.1 Å². The normalized spacial score (nSPS) is 10.6. The van der Waals surface area contributed by atoms with Crippen LogP contribution in [-0.2, 0) is 9.53 Å². The molecule has 3 aromatic rings. The van der Waals surface area contributed by atoms with Gasteiger partial charge in [0.2, 0.25) is 5.91 Å². The highest BCUT2D eigenvalue weighted by molar-refractivity contribution is 9.10. The van der Waals surface area contributed by atoms with Crippen molar-refractivity contribution in [1.82, 2.24) is 9.97 Å². The van der Waals surface area contributed by atoms with Crippen LogP contribution in [0.5, 0.6) is 0 Å². The van der Waals surface area contributed by atoms with Gasteiger partial charge in [0, 0.05) is 27.0 Å². The van der Waals surface area contributed by atoms with Gasteiger partial charge in [-0.2, -0.15) is 0 Å². The zero-order valence-electron chi connectivity index (χ0n) is 13.3. The number of carbonyl (C=O) groups is 2. The van der Waals surface area contributed by atoms with E-state index in [9.17, 15) is 9.59 Å². The molecule has 0 radical (unpaired) electrons. The zero-order valence-corrected chi connectivity index (χ0v) is 15.7. The lowest BCUT2D eigenvalue weighted by Crippen LogP contribution is -2.23. The molecule has 1 aromatic carbocycles. The molecule has 0 unspecified atom stereocenters. The van der Waals surface area contributed by atoms with Crippen molar-refractivity contribution in [3.63, 3.8) is 0 Å². The van der Waals surface area contributed by atoms with Gasteiger partial charge < -0.3 is 20.4 Å². The second kappa shape index (κ2) is 7.66. The van der Waals surface area contributed by atoms with Crippen LogP contribution in [0.15, 0.2) is 34.2 Å². The van der Waals surface area contributed by atoms with E-state index in [0.717, 1.165) is 15.4 Å². The summed E-state index contributed by atoms with van der Waals surface area (Å²) in [4.78, 5) is 31.6. The first-order valence-electron chi connectivity index (χ1n) is 7.50. The summed E-state index contributed by atoms with van der Waals surface area (Å²) in [5, 5.41) is 8.91. The summed E-state index contributed by atoms with van der Waals surface area (Å²) >= 11 is 4.81. The number of rotatable bonds is 6. The molecule has 9 heteroatoms. The van der Waals surface area contributed by atoms with E-state index < -0.39 is 5.97 Å². The number of anilines is 2. The Kier molecular flexibility index (Phi) is 5.34. The number of nitrogens with zero attached hydrogens (tertiary/aromatic N) is 1. The quantitative estimate of drug-likeness (QED) is 0.527.